The lowest BCUT2D eigenvalue weighted by Gasteiger charge is -2.59. The van der Waals surface area contributed by atoms with Gasteiger partial charge in [0, 0.05) is 6.61 Å². The predicted octanol–water partition coefficient (Wildman–Crippen LogP) is 8.36. The first-order valence-corrected chi connectivity index (χ1v) is 15.6. The van der Waals surface area contributed by atoms with Crippen molar-refractivity contribution in [3.63, 3.8) is 0 Å². The van der Waals surface area contributed by atoms with E-state index in [1.807, 2.05) is 0 Å². The molecule has 36 heavy (non-hydrogen) atoms. The molecular formula is C33H56O3. The van der Waals surface area contributed by atoms with Gasteiger partial charge in [-0.1, -0.05) is 66.0 Å². The zero-order valence-corrected chi connectivity index (χ0v) is 24.3. The highest BCUT2D eigenvalue weighted by Crippen LogP contribution is 2.67. The molecule has 206 valence electrons. The summed E-state index contributed by atoms with van der Waals surface area (Å²) in [5.41, 5.74) is 2.34. The summed E-state index contributed by atoms with van der Waals surface area (Å²) in [5.74, 6) is 4.94. The van der Waals surface area contributed by atoms with Crippen molar-refractivity contribution in [1.82, 2.24) is 0 Å². The number of rotatable bonds is 10. The van der Waals surface area contributed by atoms with Crippen molar-refractivity contribution in [2.75, 3.05) is 6.61 Å². The van der Waals surface area contributed by atoms with Crippen LogP contribution in [0.15, 0.2) is 11.6 Å². The van der Waals surface area contributed by atoms with Gasteiger partial charge in [-0.3, -0.25) is 4.79 Å². The molecule has 10 atom stereocenters. The molecule has 2 N–H and O–H groups in total. The molecule has 3 nitrogen and oxygen atoms in total. The molecule has 0 bridgehead atoms. The maximum Gasteiger partial charge on any atom is 0.306 e. The Morgan fingerprint density at radius 1 is 1.03 bits per heavy atom. The number of fused-ring (bicyclic) bond motifs is 5. The highest BCUT2D eigenvalue weighted by atomic mass is 16.4. The summed E-state index contributed by atoms with van der Waals surface area (Å²) in [6, 6.07) is 0. The number of allylic oxidation sites excluding steroid dienone is 2. The lowest BCUT2D eigenvalue weighted by molar-refractivity contribution is -0.145. The van der Waals surface area contributed by atoms with E-state index in [1.165, 1.54) is 51.4 Å². The summed E-state index contributed by atoms with van der Waals surface area (Å²) >= 11 is 0. The molecule has 4 aliphatic rings. The van der Waals surface area contributed by atoms with Crippen LogP contribution in [0.2, 0.25) is 0 Å². The van der Waals surface area contributed by atoms with Gasteiger partial charge in [-0.05, 0) is 122 Å². The summed E-state index contributed by atoms with van der Waals surface area (Å²) in [6.45, 7) is 14.9. The molecule has 0 saturated heterocycles. The van der Waals surface area contributed by atoms with E-state index in [0.29, 0.717) is 11.8 Å². The molecule has 3 saturated carbocycles. The molecule has 4 rings (SSSR count). The van der Waals surface area contributed by atoms with E-state index in [0.717, 1.165) is 60.7 Å². The zero-order valence-electron chi connectivity index (χ0n) is 24.3. The van der Waals surface area contributed by atoms with E-state index < -0.39 is 11.9 Å². The van der Waals surface area contributed by atoms with Gasteiger partial charge in [0.2, 0.25) is 0 Å². The second-order valence-electron chi connectivity index (χ2n) is 14.4. The fourth-order valence-corrected chi connectivity index (χ4v) is 10.4. The van der Waals surface area contributed by atoms with E-state index >= 15 is 0 Å². The minimum Gasteiger partial charge on any atom is -0.481 e. The SMILES string of the molecule is CC[C@H](CC[C@@H](C)[C@H]1CC[C@H]2[C@@H]3CC=C4C[C@@H](C(CCO)C(=O)O)CC[C@]4(C)[C@H]3CC[C@]12C)C(C)C. The van der Waals surface area contributed by atoms with Gasteiger partial charge in [0.25, 0.3) is 0 Å². The van der Waals surface area contributed by atoms with Gasteiger partial charge in [-0.15, -0.1) is 0 Å². The van der Waals surface area contributed by atoms with E-state index in [4.69, 9.17) is 0 Å². The number of aliphatic hydroxyl groups excluding tert-OH is 1. The Bertz CT molecular complexity index is 801. The quantitative estimate of drug-likeness (QED) is 0.296. The third-order valence-corrected chi connectivity index (χ3v) is 12.7. The summed E-state index contributed by atoms with van der Waals surface area (Å²) in [4.78, 5) is 11.9. The normalized spacial score (nSPS) is 40.6. The average molecular weight is 501 g/mol. The number of hydrogen-bond donors (Lipinski definition) is 2. The predicted molar refractivity (Wildman–Crippen MR) is 149 cm³/mol. The van der Waals surface area contributed by atoms with Gasteiger partial charge in [-0.2, -0.15) is 0 Å². The highest BCUT2D eigenvalue weighted by Gasteiger charge is 2.59. The number of hydrogen-bond acceptors (Lipinski definition) is 2. The van der Waals surface area contributed by atoms with Gasteiger partial charge in [0.05, 0.1) is 5.92 Å². The van der Waals surface area contributed by atoms with E-state index in [9.17, 15) is 15.0 Å². The van der Waals surface area contributed by atoms with Crippen molar-refractivity contribution in [3.05, 3.63) is 11.6 Å². The lowest BCUT2D eigenvalue weighted by atomic mass is 9.46. The number of aliphatic carboxylic acids is 1. The molecule has 3 heteroatoms. The van der Waals surface area contributed by atoms with E-state index in [2.05, 4.69) is 47.6 Å². The molecule has 0 radical (unpaired) electrons. The van der Waals surface area contributed by atoms with Crippen LogP contribution in [0.1, 0.15) is 119 Å². The van der Waals surface area contributed by atoms with Crippen LogP contribution >= 0.6 is 0 Å². The Labute approximate surface area is 221 Å². The molecule has 3 fully saturated rings. The fraction of sp³-hybridized carbons (Fsp3) is 0.909. The average Bonchev–Trinajstić information content (AvgIpc) is 3.19. The minimum atomic E-state index is -0.717. The van der Waals surface area contributed by atoms with Crippen molar-refractivity contribution in [2.24, 2.45) is 64.1 Å². The second kappa shape index (κ2) is 11.1. The van der Waals surface area contributed by atoms with Crippen LogP contribution in [-0.2, 0) is 4.79 Å². The monoisotopic (exact) mass is 500 g/mol. The molecular weight excluding hydrogens is 444 g/mol. The molecule has 1 unspecified atom stereocenters. The Hall–Kier alpha value is -0.830. The van der Waals surface area contributed by atoms with Gasteiger partial charge in [0.1, 0.15) is 0 Å². The molecule has 0 aromatic carbocycles. The Morgan fingerprint density at radius 2 is 1.78 bits per heavy atom. The van der Waals surface area contributed by atoms with Crippen LogP contribution in [0.3, 0.4) is 0 Å². The molecule has 0 spiro atoms. The highest BCUT2D eigenvalue weighted by molar-refractivity contribution is 5.70. The fourth-order valence-electron chi connectivity index (χ4n) is 10.4. The van der Waals surface area contributed by atoms with E-state index in [-0.39, 0.29) is 17.9 Å². The number of carboxylic acids is 1. The summed E-state index contributed by atoms with van der Waals surface area (Å²) in [5, 5.41) is 19.2. The minimum absolute atomic E-state index is 0.0229. The zero-order chi connectivity index (χ0) is 26.3. The van der Waals surface area contributed by atoms with Crippen LogP contribution < -0.4 is 0 Å². The van der Waals surface area contributed by atoms with Crippen LogP contribution in [0.4, 0.5) is 0 Å². The van der Waals surface area contributed by atoms with Crippen LogP contribution in [-0.4, -0.2) is 22.8 Å². The Kier molecular flexibility index (Phi) is 8.70. The number of aliphatic hydroxyl groups is 1. The van der Waals surface area contributed by atoms with Crippen LogP contribution in [0, 0.1) is 64.1 Å². The molecule has 0 aliphatic heterocycles. The van der Waals surface area contributed by atoms with Crippen molar-refractivity contribution < 1.29 is 15.0 Å². The van der Waals surface area contributed by atoms with Gasteiger partial charge < -0.3 is 10.2 Å². The van der Waals surface area contributed by atoms with Crippen LogP contribution in [0.5, 0.6) is 0 Å². The summed E-state index contributed by atoms with van der Waals surface area (Å²) in [6.07, 6.45) is 17.0. The first-order chi connectivity index (χ1) is 17.1. The van der Waals surface area contributed by atoms with Gasteiger partial charge in [-0.25, -0.2) is 0 Å². The maximum absolute atomic E-state index is 11.9. The van der Waals surface area contributed by atoms with Gasteiger partial charge in [0.15, 0.2) is 0 Å². The van der Waals surface area contributed by atoms with Crippen molar-refractivity contribution in [2.45, 2.75) is 119 Å². The van der Waals surface area contributed by atoms with Crippen LogP contribution in [0.25, 0.3) is 0 Å². The standard InChI is InChI=1S/C33H56O3/c1-7-23(21(2)3)9-8-22(4)28-12-13-29-27-11-10-25-20-24(26(16-19-34)31(35)36)14-17-32(25,5)30(27)15-18-33(28,29)6/h10,21-24,26-30,34H,7-9,11-20H2,1-6H3,(H,35,36)/t22-,23-,24+,26?,27+,28-,29+,30+,32+,33-/m1/s1. The first-order valence-electron chi connectivity index (χ1n) is 15.6. The first kappa shape index (κ1) is 28.2. The smallest absolute Gasteiger partial charge is 0.306 e. The lowest BCUT2D eigenvalue weighted by Crippen LogP contribution is -2.51. The number of carbonyl (C=O) groups is 1. The summed E-state index contributed by atoms with van der Waals surface area (Å²) in [7, 11) is 0. The van der Waals surface area contributed by atoms with Crippen molar-refractivity contribution >= 4 is 5.97 Å². The third-order valence-electron chi connectivity index (χ3n) is 12.7. The molecule has 0 heterocycles. The Morgan fingerprint density at radius 3 is 2.42 bits per heavy atom. The third kappa shape index (κ3) is 4.96. The molecule has 4 aliphatic carbocycles. The molecule has 0 amide bonds. The van der Waals surface area contributed by atoms with Crippen molar-refractivity contribution in [3.8, 4) is 0 Å². The number of carboxylic acid groups (broad SMARTS) is 1. The van der Waals surface area contributed by atoms with Gasteiger partial charge >= 0.3 is 5.97 Å². The topological polar surface area (TPSA) is 57.5 Å². The van der Waals surface area contributed by atoms with E-state index in [1.54, 1.807) is 5.57 Å². The maximum atomic E-state index is 11.9. The molecule has 0 aromatic rings. The Balaban J connectivity index is 1.46. The second-order valence-corrected chi connectivity index (χ2v) is 14.4. The van der Waals surface area contributed by atoms with Crippen molar-refractivity contribution in [1.29, 1.82) is 0 Å². The summed E-state index contributed by atoms with van der Waals surface area (Å²) < 4.78 is 0. The largest absolute Gasteiger partial charge is 0.481 e. The molecule has 0 aromatic heterocycles.